The van der Waals surface area contributed by atoms with Gasteiger partial charge in [-0.15, -0.1) is 0 Å². The molecule has 4 N–H and O–H groups in total. The molecule has 3 aromatic heterocycles. The summed E-state index contributed by atoms with van der Waals surface area (Å²) in [6.45, 7) is 3.01. The molecule has 0 radical (unpaired) electrons. The van der Waals surface area contributed by atoms with E-state index in [-0.39, 0.29) is 46.6 Å². The van der Waals surface area contributed by atoms with Crippen LogP contribution in [0.3, 0.4) is 0 Å². The Bertz CT molecular complexity index is 1740. The van der Waals surface area contributed by atoms with Crippen LogP contribution in [0.2, 0.25) is 5.02 Å². The molecule has 10 nitrogen and oxygen atoms in total. The molecule has 2 fully saturated rings. The highest BCUT2D eigenvalue weighted by Gasteiger charge is 2.27. The highest BCUT2D eigenvalue weighted by atomic mass is 35.5. The second-order valence-corrected chi connectivity index (χ2v) is 11.9. The number of carbonyl (C=O) groups is 1. The lowest BCUT2D eigenvalue weighted by molar-refractivity contribution is -0.119. The smallest absolute Gasteiger partial charge is 0.220 e. The van der Waals surface area contributed by atoms with E-state index in [0.29, 0.717) is 67.5 Å². The maximum Gasteiger partial charge on any atom is 0.220 e. The van der Waals surface area contributed by atoms with Gasteiger partial charge in [0.2, 0.25) is 11.8 Å². The van der Waals surface area contributed by atoms with Crippen LogP contribution in [0.5, 0.6) is 5.88 Å². The molecule has 0 spiro atoms. The topological polar surface area (TPSA) is 125 Å². The van der Waals surface area contributed by atoms with E-state index >= 15 is 8.78 Å². The summed E-state index contributed by atoms with van der Waals surface area (Å²) in [5.41, 5.74) is 2.48. The summed E-state index contributed by atoms with van der Waals surface area (Å²) in [5.74, 6) is -0.508. The highest BCUT2D eigenvalue weighted by Crippen LogP contribution is 2.38. The molecule has 6 rings (SSSR count). The number of carbonyl (C=O) groups excluding carboxylic acids is 1. The number of benzene rings is 1. The number of amides is 1. The number of aliphatic hydroxyl groups excluding tert-OH is 1. The van der Waals surface area contributed by atoms with E-state index in [1.807, 2.05) is 11.0 Å². The van der Waals surface area contributed by atoms with Crippen LogP contribution in [-0.2, 0) is 17.9 Å². The van der Waals surface area contributed by atoms with E-state index in [9.17, 15) is 9.90 Å². The summed E-state index contributed by atoms with van der Waals surface area (Å²) in [4.78, 5) is 26.5. The van der Waals surface area contributed by atoms with Crippen LogP contribution in [0.1, 0.15) is 24.0 Å². The van der Waals surface area contributed by atoms with Crippen LogP contribution in [0, 0.1) is 17.6 Å². The SMILES string of the molecule is COc1nc(-c2ccnc(-c3cccc(Nc4nccc(CN5CC(CO)C5)c4F)c3Cl)c2F)ccc1CNC[C@@H]1CCC(=O)N1. The molecule has 0 saturated carbocycles. The van der Waals surface area contributed by atoms with Gasteiger partial charge in [0.25, 0.3) is 0 Å². The number of likely N-dealkylation sites (tertiary alicyclic amines) is 1. The zero-order valence-electron chi connectivity index (χ0n) is 25.2. The normalized spacial score (nSPS) is 16.7. The van der Waals surface area contributed by atoms with Gasteiger partial charge in [0.15, 0.2) is 17.5 Å². The van der Waals surface area contributed by atoms with Gasteiger partial charge in [-0.3, -0.25) is 14.7 Å². The quantitative estimate of drug-likeness (QED) is 0.173. The van der Waals surface area contributed by atoms with E-state index in [2.05, 4.69) is 30.9 Å². The molecule has 46 heavy (non-hydrogen) atoms. The van der Waals surface area contributed by atoms with Crippen molar-refractivity contribution in [1.82, 2.24) is 30.5 Å². The molecule has 0 bridgehead atoms. The van der Waals surface area contributed by atoms with Gasteiger partial charge in [-0.1, -0.05) is 29.8 Å². The van der Waals surface area contributed by atoms with Crippen molar-refractivity contribution in [1.29, 1.82) is 0 Å². The van der Waals surface area contributed by atoms with Gasteiger partial charge in [0, 0.05) is 92.4 Å². The van der Waals surface area contributed by atoms with Crippen LogP contribution >= 0.6 is 11.6 Å². The molecule has 240 valence electrons. The first-order valence-electron chi connectivity index (χ1n) is 15.1. The Kier molecular flexibility index (Phi) is 9.69. The van der Waals surface area contributed by atoms with Gasteiger partial charge >= 0.3 is 0 Å². The zero-order chi connectivity index (χ0) is 32.2. The van der Waals surface area contributed by atoms with E-state index in [1.54, 1.807) is 30.3 Å². The third-order valence-corrected chi connectivity index (χ3v) is 8.66. The minimum absolute atomic E-state index is 0.00293. The molecular weight excluding hydrogens is 616 g/mol. The number of hydrogen-bond acceptors (Lipinski definition) is 9. The van der Waals surface area contributed by atoms with E-state index in [0.717, 1.165) is 12.0 Å². The fourth-order valence-corrected chi connectivity index (χ4v) is 6.03. The summed E-state index contributed by atoms with van der Waals surface area (Å²) in [6.07, 6.45) is 4.32. The Morgan fingerprint density at radius 2 is 1.89 bits per heavy atom. The number of aliphatic hydroxyl groups is 1. The molecule has 2 aliphatic heterocycles. The van der Waals surface area contributed by atoms with Crippen molar-refractivity contribution in [2.45, 2.75) is 32.0 Å². The standard InChI is InChI=1S/C33H34ClF2N7O3/c1-46-33-20(13-37-14-22-6-8-27(45)40-22)5-7-25(42-33)23-10-12-38-31(30(23)36)24-3-2-4-26(28(24)34)41-32-29(35)21(9-11-39-32)17-43-15-19(16-43)18-44/h2-5,7,9-12,19,22,37,44H,6,8,13-18H2,1H3,(H,39,41)(H,40,45)/t22-/m0/s1. The second kappa shape index (κ2) is 14.0. The van der Waals surface area contributed by atoms with Crippen molar-refractivity contribution in [3.05, 3.63) is 82.6 Å². The van der Waals surface area contributed by atoms with Gasteiger partial charge < -0.3 is 25.8 Å². The third-order valence-electron chi connectivity index (χ3n) is 8.25. The van der Waals surface area contributed by atoms with Crippen LogP contribution < -0.4 is 20.7 Å². The number of halogens is 3. The van der Waals surface area contributed by atoms with Crippen LogP contribution in [-0.4, -0.2) is 70.3 Å². The third kappa shape index (κ3) is 6.80. The Labute approximate surface area is 270 Å². The summed E-state index contributed by atoms with van der Waals surface area (Å²) >= 11 is 6.76. The van der Waals surface area contributed by atoms with Gasteiger partial charge in [0.05, 0.1) is 23.5 Å². The molecule has 13 heteroatoms. The number of aromatic nitrogens is 3. The van der Waals surface area contributed by atoms with E-state index in [1.165, 1.54) is 25.6 Å². The van der Waals surface area contributed by atoms with Crippen molar-refractivity contribution >= 4 is 29.0 Å². The molecule has 2 saturated heterocycles. The largest absolute Gasteiger partial charge is 0.481 e. The fraction of sp³-hybridized carbons (Fsp3) is 0.333. The van der Waals surface area contributed by atoms with E-state index < -0.39 is 11.6 Å². The molecule has 1 atom stereocenters. The molecule has 1 amide bonds. The van der Waals surface area contributed by atoms with Gasteiger partial charge in [-0.05, 0) is 30.7 Å². The number of methoxy groups -OCH3 is 1. The molecule has 4 aromatic rings. The summed E-state index contributed by atoms with van der Waals surface area (Å²) in [7, 11) is 1.50. The van der Waals surface area contributed by atoms with Crippen LogP contribution in [0.15, 0.2) is 54.9 Å². The lowest BCUT2D eigenvalue weighted by atomic mass is 10.0. The summed E-state index contributed by atoms with van der Waals surface area (Å²) < 4.78 is 37.0. The van der Waals surface area contributed by atoms with Gasteiger partial charge in [0.1, 0.15) is 5.69 Å². The number of anilines is 2. The number of rotatable bonds is 12. The first-order valence-corrected chi connectivity index (χ1v) is 15.4. The number of nitrogens with zero attached hydrogens (tertiary/aromatic N) is 4. The Balaban J connectivity index is 1.20. The number of pyridine rings is 3. The van der Waals surface area contributed by atoms with Gasteiger partial charge in [-0.2, -0.15) is 0 Å². The minimum Gasteiger partial charge on any atom is -0.481 e. The van der Waals surface area contributed by atoms with Gasteiger partial charge in [-0.25, -0.2) is 18.7 Å². The zero-order valence-corrected chi connectivity index (χ0v) is 26.0. The van der Waals surface area contributed by atoms with Crippen LogP contribution in [0.4, 0.5) is 20.3 Å². The maximum absolute atomic E-state index is 16.1. The van der Waals surface area contributed by atoms with Crippen molar-refractivity contribution in [3.63, 3.8) is 0 Å². The monoisotopic (exact) mass is 649 g/mol. The predicted molar refractivity (Wildman–Crippen MR) is 171 cm³/mol. The highest BCUT2D eigenvalue weighted by molar-refractivity contribution is 6.36. The minimum atomic E-state index is -0.624. The second-order valence-electron chi connectivity index (χ2n) is 11.5. The molecule has 0 aliphatic carbocycles. The van der Waals surface area contributed by atoms with E-state index in [4.69, 9.17) is 16.3 Å². The lowest BCUT2D eigenvalue weighted by Gasteiger charge is -2.38. The first-order chi connectivity index (χ1) is 22.3. The number of ether oxygens (including phenoxy) is 1. The molecule has 1 aromatic carbocycles. The fourth-order valence-electron chi connectivity index (χ4n) is 5.77. The first kappa shape index (κ1) is 31.7. The average Bonchev–Trinajstić information content (AvgIpc) is 3.46. The maximum atomic E-state index is 16.1. The molecule has 5 heterocycles. The lowest BCUT2D eigenvalue weighted by Crippen LogP contribution is -2.47. The molecule has 0 unspecified atom stereocenters. The Hall–Kier alpha value is -4.23. The Morgan fingerprint density at radius 3 is 2.65 bits per heavy atom. The van der Waals surface area contributed by atoms with Crippen LogP contribution in [0.25, 0.3) is 22.5 Å². The number of hydrogen-bond donors (Lipinski definition) is 4. The summed E-state index contributed by atoms with van der Waals surface area (Å²) in [5, 5.41) is 18.6. The predicted octanol–water partition coefficient (Wildman–Crippen LogP) is 4.68. The molecular formula is C33H34ClF2N7O3. The van der Waals surface area contributed by atoms with Crippen molar-refractivity contribution < 1.29 is 23.4 Å². The average molecular weight is 650 g/mol. The molecule has 2 aliphatic rings. The summed E-state index contributed by atoms with van der Waals surface area (Å²) in [6, 6.07) is 11.7. The van der Waals surface area contributed by atoms with Crippen molar-refractivity contribution in [3.8, 4) is 28.4 Å². The van der Waals surface area contributed by atoms with Crippen molar-refractivity contribution in [2.24, 2.45) is 5.92 Å². The van der Waals surface area contributed by atoms with Crippen molar-refractivity contribution in [2.75, 3.05) is 38.7 Å². The number of nitrogens with one attached hydrogen (secondary N) is 3. The Morgan fingerprint density at radius 1 is 1.07 bits per heavy atom.